The Morgan fingerprint density at radius 3 is 2.65 bits per heavy atom. The molecule has 0 atom stereocenters. The zero-order chi connectivity index (χ0) is 13.9. The molecule has 100 valence electrons. The van der Waals surface area contributed by atoms with Gasteiger partial charge in [0, 0.05) is 12.1 Å². The highest BCUT2D eigenvalue weighted by Gasteiger charge is 2.11. The number of nitrogens with one attached hydrogen (secondary N) is 1. The molecule has 0 unspecified atom stereocenters. The summed E-state index contributed by atoms with van der Waals surface area (Å²) in [6.07, 6.45) is 1.53. The molecule has 1 amide bonds. The molecule has 0 aliphatic rings. The number of fused-ring (bicyclic) bond motifs is 1. The molecule has 3 aromatic rings. The number of benzene rings is 2. The Hall–Kier alpha value is -2.55. The van der Waals surface area contributed by atoms with Crippen LogP contribution in [0.1, 0.15) is 21.7 Å². The molecular weight excluding hydrogens is 250 g/mol. The van der Waals surface area contributed by atoms with Gasteiger partial charge in [0.05, 0.1) is 6.26 Å². The van der Waals surface area contributed by atoms with E-state index in [0.717, 1.165) is 11.1 Å². The maximum absolute atomic E-state index is 12.0. The van der Waals surface area contributed by atoms with Crippen LogP contribution in [0.2, 0.25) is 0 Å². The van der Waals surface area contributed by atoms with Gasteiger partial charge in [-0.1, -0.05) is 36.4 Å². The van der Waals surface area contributed by atoms with E-state index in [-0.39, 0.29) is 5.91 Å². The molecule has 3 rings (SSSR count). The van der Waals surface area contributed by atoms with Gasteiger partial charge in [0.1, 0.15) is 0 Å². The van der Waals surface area contributed by atoms with Crippen LogP contribution in [0.4, 0.5) is 0 Å². The molecule has 3 nitrogen and oxygen atoms in total. The van der Waals surface area contributed by atoms with Gasteiger partial charge < -0.3 is 9.73 Å². The second-order valence-corrected chi connectivity index (χ2v) is 4.80. The highest BCUT2D eigenvalue weighted by molar-refractivity contribution is 5.92. The minimum Gasteiger partial charge on any atom is -0.459 e. The zero-order valence-electron chi connectivity index (χ0n) is 11.2. The second-order valence-electron chi connectivity index (χ2n) is 4.80. The summed E-state index contributed by atoms with van der Waals surface area (Å²) in [6.45, 7) is 2.35. The molecule has 0 aliphatic heterocycles. The fraction of sp³-hybridized carbons (Fsp3) is 0.118. The van der Waals surface area contributed by atoms with E-state index in [9.17, 15) is 4.79 Å². The number of hydrogen-bond donors (Lipinski definition) is 1. The number of aryl methyl sites for hydroxylation is 1. The summed E-state index contributed by atoms with van der Waals surface area (Å²) in [5.74, 6) is 0.200. The van der Waals surface area contributed by atoms with Crippen LogP contribution in [0.15, 0.2) is 59.2 Å². The molecule has 0 aliphatic carbocycles. The first kappa shape index (κ1) is 12.5. The number of hydrogen-bond acceptors (Lipinski definition) is 2. The van der Waals surface area contributed by atoms with Crippen molar-refractivity contribution in [3.05, 3.63) is 71.7 Å². The van der Waals surface area contributed by atoms with Gasteiger partial charge in [0.25, 0.3) is 5.91 Å². The Labute approximate surface area is 117 Å². The van der Waals surface area contributed by atoms with E-state index in [1.165, 1.54) is 17.0 Å². The molecule has 0 saturated heterocycles. The van der Waals surface area contributed by atoms with Gasteiger partial charge in [-0.25, -0.2) is 0 Å². The van der Waals surface area contributed by atoms with Crippen molar-refractivity contribution in [1.29, 1.82) is 0 Å². The van der Waals surface area contributed by atoms with E-state index >= 15 is 0 Å². The third-order valence-electron chi connectivity index (χ3n) is 3.34. The van der Waals surface area contributed by atoms with Gasteiger partial charge in [-0.05, 0) is 35.4 Å². The molecule has 0 bridgehead atoms. The first-order valence-electron chi connectivity index (χ1n) is 6.54. The fourth-order valence-electron chi connectivity index (χ4n) is 2.22. The van der Waals surface area contributed by atoms with Crippen molar-refractivity contribution in [2.45, 2.75) is 13.5 Å². The lowest BCUT2D eigenvalue weighted by Crippen LogP contribution is -2.22. The van der Waals surface area contributed by atoms with Crippen molar-refractivity contribution >= 4 is 16.7 Å². The Bertz CT molecular complexity index is 758. The molecule has 3 heteroatoms. The molecule has 0 saturated carbocycles. The molecule has 0 radical (unpaired) electrons. The SMILES string of the molecule is Cc1ccoc1C(=O)NCc1ccc2ccccc2c1. The third kappa shape index (κ3) is 2.43. The van der Waals surface area contributed by atoms with Crippen LogP contribution in [-0.4, -0.2) is 5.91 Å². The molecule has 0 spiro atoms. The highest BCUT2D eigenvalue weighted by atomic mass is 16.3. The first-order chi connectivity index (χ1) is 9.74. The minimum absolute atomic E-state index is 0.180. The average molecular weight is 265 g/mol. The summed E-state index contributed by atoms with van der Waals surface area (Å²) in [4.78, 5) is 12.0. The maximum atomic E-state index is 12.0. The molecule has 0 fully saturated rings. The molecule has 1 heterocycles. The van der Waals surface area contributed by atoms with Gasteiger partial charge in [-0.2, -0.15) is 0 Å². The van der Waals surface area contributed by atoms with Crippen molar-refractivity contribution in [2.24, 2.45) is 0 Å². The number of carbonyl (C=O) groups excluding carboxylic acids is 1. The van der Waals surface area contributed by atoms with Crippen LogP contribution in [0, 0.1) is 6.92 Å². The van der Waals surface area contributed by atoms with Gasteiger partial charge in [0.2, 0.25) is 0 Å². The molecule has 1 N–H and O–H groups in total. The summed E-state index contributed by atoms with van der Waals surface area (Å²) in [5, 5.41) is 5.25. The molecular formula is C17H15NO2. The van der Waals surface area contributed by atoms with Crippen LogP contribution in [0.5, 0.6) is 0 Å². The number of furan rings is 1. The van der Waals surface area contributed by atoms with Crippen molar-refractivity contribution in [3.63, 3.8) is 0 Å². The van der Waals surface area contributed by atoms with Crippen LogP contribution in [-0.2, 0) is 6.54 Å². The Kier molecular flexibility index (Phi) is 3.25. The van der Waals surface area contributed by atoms with Gasteiger partial charge in [-0.3, -0.25) is 4.79 Å². The number of carbonyl (C=O) groups is 1. The predicted molar refractivity (Wildman–Crippen MR) is 78.6 cm³/mol. The van der Waals surface area contributed by atoms with Crippen LogP contribution in [0.25, 0.3) is 10.8 Å². The minimum atomic E-state index is -0.180. The zero-order valence-corrected chi connectivity index (χ0v) is 11.2. The monoisotopic (exact) mass is 265 g/mol. The Balaban J connectivity index is 1.74. The number of amides is 1. The summed E-state index contributed by atoms with van der Waals surface area (Å²) < 4.78 is 5.17. The second kappa shape index (κ2) is 5.21. The lowest BCUT2D eigenvalue weighted by atomic mass is 10.1. The first-order valence-corrected chi connectivity index (χ1v) is 6.54. The largest absolute Gasteiger partial charge is 0.459 e. The van der Waals surface area contributed by atoms with Crippen molar-refractivity contribution in [2.75, 3.05) is 0 Å². The number of rotatable bonds is 3. The van der Waals surface area contributed by atoms with Crippen LogP contribution in [0.3, 0.4) is 0 Å². The van der Waals surface area contributed by atoms with Crippen LogP contribution < -0.4 is 5.32 Å². The van der Waals surface area contributed by atoms with E-state index < -0.39 is 0 Å². The predicted octanol–water partition coefficient (Wildman–Crippen LogP) is 3.67. The highest BCUT2D eigenvalue weighted by Crippen LogP contribution is 2.16. The van der Waals surface area contributed by atoms with Gasteiger partial charge in [-0.15, -0.1) is 0 Å². The van der Waals surface area contributed by atoms with Gasteiger partial charge in [0.15, 0.2) is 5.76 Å². The topological polar surface area (TPSA) is 42.2 Å². The van der Waals surface area contributed by atoms with Crippen LogP contribution >= 0.6 is 0 Å². The van der Waals surface area contributed by atoms with Crippen molar-refractivity contribution < 1.29 is 9.21 Å². The van der Waals surface area contributed by atoms with Crippen molar-refractivity contribution in [1.82, 2.24) is 5.32 Å². The summed E-state index contributed by atoms with van der Waals surface area (Å²) in [6, 6.07) is 16.1. The van der Waals surface area contributed by atoms with Gasteiger partial charge >= 0.3 is 0 Å². The molecule has 20 heavy (non-hydrogen) atoms. The molecule has 2 aromatic carbocycles. The van der Waals surface area contributed by atoms with E-state index in [2.05, 4.69) is 29.6 Å². The lowest BCUT2D eigenvalue weighted by molar-refractivity contribution is 0.0922. The fourth-order valence-corrected chi connectivity index (χ4v) is 2.22. The quantitative estimate of drug-likeness (QED) is 0.785. The Morgan fingerprint density at radius 1 is 1.10 bits per heavy atom. The third-order valence-corrected chi connectivity index (χ3v) is 3.34. The summed E-state index contributed by atoms with van der Waals surface area (Å²) in [5.41, 5.74) is 1.92. The molecule has 1 aromatic heterocycles. The van der Waals surface area contributed by atoms with Crippen molar-refractivity contribution in [3.8, 4) is 0 Å². The smallest absolute Gasteiger partial charge is 0.287 e. The van der Waals surface area contributed by atoms with E-state index in [1.54, 1.807) is 6.07 Å². The van der Waals surface area contributed by atoms with E-state index in [4.69, 9.17) is 4.42 Å². The Morgan fingerprint density at radius 2 is 1.90 bits per heavy atom. The summed E-state index contributed by atoms with van der Waals surface area (Å²) >= 11 is 0. The average Bonchev–Trinajstić information content (AvgIpc) is 2.91. The standard InChI is InChI=1S/C17H15NO2/c1-12-8-9-20-16(12)17(19)18-11-13-6-7-14-4-2-3-5-15(14)10-13/h2-10H,11H2,1H3,(H,18,19). The summed E-state index contributed by atoms with van der Waals surface area (Å²) in [7, 11) is 0. The normalized spacial score (nSPS) is 10.7. The lowest BCUT2D eigenvalue weighted by Gasteiger charge is -2.06. The van der Waals surface area contributed by atoms with E-state index in [0.29, 0.717) is 12.3 Å². The van der Waals surface area contributed by atoms with E-state index in [1.807, 2.05) is 25.1 Å². The maximum Gasteiger partial charge on any atom is 0.287 e.